The molecule has 0 aliphatic carbocycles. The summed E-state index contributed by atoms with van der Waals surface area (Å²) >= 11 is 6.14. The highest BCUT2D eigenvalue weighted by atomic mass is 35.5. The zero-order valence-electron chi connectivity index (χ0n) is 12.3. The SMILES string of the molecule is NC(=O)c1ccc(N2CCNCC2)c(Cl)c1.c1ccccc1. The summed E-state index contributed by atoms with van der Waals surface area (Å²) in [5, 5.41) is 3.86. The van der Waals surface area contributed by atoms with Gasteiger partial charge in [-0.3, -0.25) is 4.79 Å². The number of nitrogens with one attached hydrogen (secondary N) is 1. The van der Waals surface area contributed by atoms with Crippen molar-refractivity contribution in [2.45, 2.75) is 0 Å². The third-order valence-corrected chi connectivity index (χ3v) is 3.66. The van der Waals surface area contributed by atoms with Crippen molar-refractivity contribution >= 4 is 23.2 Å². The Labute approximate surface area is 135 Å². The van der Waals surface area contributed by atoms with Crippen LogP contribution < -0.4 is 16.0 Å². The maximum atomic E-state index is 11.0. The molecule has 0 aromatic heterocycles. The van der Waals surface area contributed by atoms with Gasteiger partial charge >= 0.3 is 0 Å². The lowest BCUT2D eigenvalue weighted by atomic mass is 10.1. The number of nitrogens with zero attached hydrogens (tertiary/aromatic N) is 1. The summed E-state index contributed by atoms with van der Waals surface area (Å²) < 4.78 is 0. The molecule has 2 aromatic rings. The first-order valence-electron chi connectivity index (χ1n) is 7.23. The van der Waals surface area contributed by atoms with Crippen LogP contribution >= 0.6 is 11.6 Å². The maximum Gasteiger partial charge on any atom is 0.248 e. The Balaban J connectivity index is 0.000000246. The Morgan fingerprint density at radius 3 is 2.05 bits per heavy atom. The fourth-order valence-corrected chi connectivity index (χ4v) is 2.51. The average Bonchev–Trinajstić information content (AvgIpc) is 2.57. The molecule has 1 amide bonds. The van der Waals surface area contributed by atoms with E-state index in [1.54, 1.807) is 12.1 Å². The molecular weight excluding hydrogens is 298 g/mol. The molecule has 3 rings (SSSR count). The predicted molar refractivity (Wildman–Crippen MR) is 91.5 cm³/mol. The van der Waals surface area contributed by atoms with E-state index in [2.05, 4.69) is 10.2 Å². The van der Waals surface area contributed by atoms with E-state index in [4.69, 9.17) is 17.3 Å². The minimum Gasteiger partial charge on any atom is -0.368 e. The summed E-state index contributed by atoms with van der Waals surface area (Å²) in [6, 6.07) is 17.2. The molecule has 1 fully saturated rings. The third-order valence-electron chi connectivity index (χ3n) is 3.36. The van der Waals surface area contributed by atoms with Gasteiger partial charge in [-0.1, -0.05) is 48.0 Å². The minimum atomic E-state index is -0.450. The van der Waals surface area contributed by atoms with Crippen LogP contribution in [0, 0.1) is 0 Å². The van der Waals surface area contributed by atoms with Crippen molar-refractivity contribution in [1.29, 1.82) is 0 Å². The number of benzene rings is 2. The summed E-state index contributed by atoms with van der Waals surface area (Å²) in [6.07, 6.45) is 0. The van der Waals surface area contributed by atoms with Gasteiger partial charge in [0.15, 0.2) is 0 Å². The highest BCUT2D eigenvalue weighted by molar-refractivity contribution is 6.33. The van der Waals surface area contributed by atoms with Gasteiger partial charge in [-0.25, -0.2) is 0 Å². The first-order valence-corrected chi connectivity index (χ1v) is 7.61. The monoisotopic (exact) mass is 317 g/mol. The molecule has 22 heavy (non-hydrogen) atoms. The van der Waals surface area contributed by atoms with Crippen LogP contribution in [0.3, 0.4) is 0 Å². The minimum absolute atomic E-state index is 0.448. The molecule has 5 heteroatoms. The molecular formula is C17H20ClN3O. The smallest absolute Gasteiger partial charge is 0.248 e. The lowest BCUT2D eigenvalue weighted by Crippen LogP contribution is -2.43. The number of nitrogens with two attached hydrogens (primary N) is 1. The number of carbonyl (C=O) groups excluding carboxylic acids is 1. The van der Waals surface area contributed by atoms with Gasteiger partial charge in [0.2, 0.25) is 5.91 Å². The van der Waals surface area contributed by atoms with Gasteiger partial charge in [0.1, 0.15) is 0 Å². The zero-order chi connectivity index (χ0) is 15.8. The summed E-state index contributed by atoms with van der Waals surface area (Å²) in [5.41, 5.74) is 6.60. The molecule has 1 aliphatic heterocycles. The summed E-state index contributed by atoms with van der Waals surface area (Å²) in [6.45, 7) is 3.76. The molecule has 1 saturated heterocycles. The molecule has 3 N–H and O–H groups in total. The Hall–Kier alpha value is -2.04. The molecule has 1 heterocycles. The topological polar surface area (TPSA) is 58.4 Å². The van der Waals surface area contributed by atoms with Crippen molar-refractivity contribution in [3.8, 4) is 0 Å². The fraction of sp³-hybridized carbons (Fsp3) is 0.235. The van der Waals surface area contributed by atoms with Crippen molar-refractivity contribution < 1.29 is 4.79 Å². The Kier molecular flexibility index (Phi) is 6.25. The first kappa shape index (κ1) is 16.3. The summed E-state index contributed by atoms with van der Waals surface area (Å²) in [5.74, 6) is -0.450. The van der Waals surface area contributed by atoms with Crippen molar-refractivity contribution in [3.63, 3.8) is 0 Å². The van der Waals surface area contributed by atoms with E-state index in [0.717, 1.165) is 31.9 Å². The number of primary amides is 1. The lowest BCUT2D eigenvalue weighted by molar-refractivity contribution is 0.100. The van der Waals surface area contributed by atoms with E-state index in [1.807, 2.05) is 42.5 Å². The van der Waals surface area contributed by atoms with Crippen LogP contribution in [0.5, 0.6) is 0 Å². The van der Waals surface area contributed by atoms with E-state index < -0.39 is 5.91 Å². The van der Waals surface area contributed by atoms with Crippen LogP contribution in [-0.4, -0.2) is 32.1 Å². The number of rotatable bonds is 2. The summed E-state index contributed by atoms with van der Waals surface area (Å²) in [4.78, 5) is 13.2. The number of anilines is 1. The van der Waals surface area contributed by atoms with Crippen LogP contribution in [0.1, 0.15) is 10.4 Å². The second-order valence-corrected chi connectivity index (χ2v) is 5.33. The number of halogens is 1. The van der Waals surface area contributed by atoms with Gasteiger partial charge in [-0.05, 0) is 18.2 Å². The molecule has 0 unspecified atom stereocenters. The van der Waals surface area contributed by atoms with E-state index >= 15 is 0 Å². The summed E-state index contributed by atoms with van der Waals surface area (Å²) in [7, 11) is 0. The number of piperazine rings is 1. The van der Waals surface area contributed by atoms with E-state index in [1.165, 1.54) is 0 Å². The molecule has 1 aliphatic rings. The average molecular weight is 318 g/mol. The fourth-order valence-electron chi connectivity index (χ4n) is 2.21. The third kappa shape index (κ3) is 4.76. The van der Waals surface area contributed by atoms with Crippen LogP contribution in [0.15, 0.2) is 54.6 Å². The van der Waals surface area contributed by atoms with Crippen molar-refractivity contribution in [3.05, 3.63) is 65.2 Å². The molecule has 4 nitrogen and oxygen atoms in total. The second-order valence-electron chi connectivity index (χ2n) is 4.92. The molecule has 0 saturated carbocycles. The Morgan fingerprint density at radius 1 is 1.05 bits per heavy atom. The van der Waals surface area contributed by atoms with Gasteiger partial charge in [0, 0.05) is 31.7 Å². The Morgan fingerprint density at radius 2 is 1.59 bits per heavy atom. The Bertz CT molecular complexity index is 571. The maximum absolute atomic E-state index is 11.0. The van der Waals surface area contributed by atoms with Gasteiger partial charge in [-0.15, -0.1) is 0 Å². The molecule has 116 valence electrons. The molecule has 2 aromatic carbocycles. The van der Waals surface area contributed by atoms with E-state index in [9.17, 15) is 4.79 Å². The number of carbonyl (C=O) groups is 1. The number of amides is 1. The standard InChI is InChI=1S/C11H14ClN3O.C6H6/c12-9-7-8(11(13)16)1-2-10(9)15-5-3-14-4-6-15;1-2-4-6-5-3-1/h1-2,7,14H,3-6H2,(H2,13,16);1-6H. The predicted octanol–water partition coefficient (Wildman–Crippen LogP) is 2.54. The van der Waals surface area contributed by atoms with E-state index in [0.29, 0.717) is 10.6 Å². The largest absolute Gasteiger partial charge is 0.368 e. The molecule has 0 radical (unpaired) electrons. The van der Waals surface area contributed by atoms with Crippen molar-refractivity contribution in [2.24, 2.45) is 5.73 Å². The van der Waals surface area contributed by atoms with Crippen LogP contribution in [0.25, 0.3) is 0 Å². The van der Waals surface area contributed by atoms with Gasteiger partial charge < -0.3 is 16.0 Å². The first-order chi connectivity index (χ1) is 10.7. The van der Waals surface area contributed by atoms with Gasteiger partial charge in [0.05, 0.1) is 10.7 Å². The normalized spacial score (nSPS) is 14.0. The van der Waals surface area contributed by atoms with Gasteiger partial charge in [0.25, 0.3) is 0 Å². The molecule has 0 spiro atoms. The van der Waals surface area contributed by atoms with Crippen molar-refractivity contribution in [1.82, 2.24) is 5.32 Å². The molecule has 0 atom stereocenters. The number of hydrogen-bond acceptors (Lipinski definition) is 3. The van der Waals surface area contributed by atoms with Crippen molar-refractivity contribution in [2.75, 3.05) is 31.1 Å². The zero-order valence-corrected chi connectivity index (χ0v) is 13.1. The quantitative estimate of drug-likeness (QED) is 0.895. The lowest BCUT2D eigenvalue weighted by Gasteiger charge is -2.30. The second kappa shape index (κ2) is 8.41. The van der Waals surface area contributed by atoms with Crippen LogP contribution in [0.2, 0.25) is 5.02 Å². The molecule has 0 bridgehead atoms. The van der Waals surface area contributed by atoms with E-state index in [-0.39, 0.29) is 0 Å². The highest BCUT2D eigenvalue weighted by Crippen LogP contribution is 2.26. The van der Waals surface area contributed by atoms with Gasteiger partial charge in [-0.2, -0.15) is 0 Å². The highest BCUT2D eigenvalue weighted by Gasteiger charge is 2.14. The van der Waals surface area contributed by atoms with Crippen LogP contribution in [0.4, 0.5) is 5.69 Å². The number of hydrogen-bond donors (Lipinski definition) is 2. The van der Waals surface area contributed by atoms with Crippen LogP contribution in [-0.2, 0) is 0 Å².